The molecule has 0 aliphatic carbocycles. The number of hydrogen-bond acceptors (Lipinski definition) is 2. The van der Waals surface area contributed by atoms with Crippen molar-refractivity contribution in [3.05, 3.63) is 34.9 Å². The van der Waals surface area contributed by atoms with Gasteiger partial charge in [-0.05, 0) is 39.7 Å². The molecule has 20 heavy (non-hydrogen) atoms. The van der Waals surface area contributed by atoms with Gasteiger partial charge in [0.25, 0.3) is 0 Å². The van der Waals surface area contributed by atoms with Gasteiger partial charge in [0, 0.05) is 13.5 Å². The highest BCUT2D eigenvalue weighted by Crippen LogP contribution is 2.16. The lowest BCUT2D eigenvalue weighted by Gasteiger charge is -2.31. The molecule has 110 valence electrons. The first-order chi connectivity index (χ1) is 9.14. The molecule has 0 saturated heterocycles. The summed E-state index contributed by atoms with van der Waals surface area (Å²) >= 11 is 0. The zero-order valence-electron chi connectivity index (χ0n) is 12.9. The first-order valence-electron chi connectivity index (χ1n) is 6.72. The average molecular weight is 277 g/mol. The third kappa shape index (κ3) is 3.83. The summed E-state index contributed by atoms with van der Waals surface area (Å²) in [5.74, 6) is -1.16. The Morgan fingerprint density at radius 1 is 1.15 bits per heavy atom. The Balaban J connectivity index is 2.70. The van der Waals surface area contributed by atoms with E-state index < -0.39 is 11.5 Å². The molecule has 1 N–H and O–H groups in total. The second kappa shape index (κ2) is 6.07. The molecule has 0 spiro atoms. The largest absolute Gasteiger partial charge is 0.480 e. The minimum Gasteiger partial charge on any atom is -0.480 e. The zero-order valence-corrected chi connectivity index (χ0v) is 12.9. The predicted octanol–water partition coefficient (Wildman–Crippen LogP) is 2.56. The molecule has 0 unspecified atom stereocenters. The number of aryl methyl sites for hydroxylation is 3. The lowest BCUT2D eigenvalue weighted by atomic mass is 10.0. The Morgan fingerprint density at radius 2 is 1.65 bits per heavy atom. The summed E-state index contributed by atoms with van der Waals surface area (Å²) in [6, 6.07) is 6.20. The summed E-state index contributed by atoms with van der Waals surface area (Å²) in [4.78, 5) is 24.5. The number of benzene rings is 1. The maximum atomic E-state index is 12.1. The number of hydrogen-bond donors (Lipinski definition) is 1. The molecule has 1 aromatic carbocycles. The molecular weight excluding hydrogens is 254 g/mol. The van der Waals surface area contributed by atoms with Gasteiger partial charge in [0.05, 0.1) is 0 Å². The van der Waals surface area contributed by atoms with Gasteiger partial charge in [0.15, 0.2) is 0 Å². The van der Waals surface area contributed by atoms with Gasteiger partial charge in [-0.3, -0.25) is 4.79 Å². The van der Waals surface area contributed by atoms with E-state index in [2.05, 4.69) is 18.2 Å². The van der Waals surface area contributed by atoms with Crippen molar-refractivity contribution in [2.75, 3.05) is 7.05 Å². The summed E-state index contributed by atoms with van der Waals surface area (Å²) in [7, 11) is 1.54. The molecule has 0 bridgehead atoms. The molecule has 1 amide bonds. The Morgan fingerprint density at radius 3 is 2.10 bits per heavy atom. The number of carbonyl (C=O) groups is 2. The third-order valence-electron chi connectivity index (χ3n) is 3.65. The van der Waals surface area contributed by atoms with Gasteiger partial charge in [0.2, 0.25) is 5.91 Å². The second-order valence-corrected chi connectivity index (χ2v) is 5.81. The van der Waals surface area contributed by atoms with Crippen LogP contribution in [0.15, 0.2) is 18.2 Å². The molecule has 0 saturated carbocycles. The van der Waals surface area contributed by atoms with Gasteiger partial charge in [-0.2, -0.15) is 0 Å². The molecule has 4 heteroatoms. The summed E-state index contributed by atoms with van der Waals surface area (Å²) < 4.78 is 0. The van der Waals surface area contributed by atoms with Crippen LogP contribution in [0.5, 0.6) is 0 Å². The predicted molar refractivity (Wildman–Crippen MR) is 78.7 cm³/mol. The fourth-order valence-corrected chi connectivity index (χ4v) is 2.09. The van der Waals surface area contributed by atoms with E-state index in [0.29, 0.717) is 12.8 Å². The van der Waals surface area contributed by atoms with Crippen LogP contribution in [0.4, 0.5) is 0 Å². The normalized spacial score (nSPS) is 11.2. The standard InChI is InChI=1S/C16H23NO3/c1-11-8-12(2)10-13(9-11)6-7-14(18)17(5)16(3,4)15(19)20/h8-10H,6-7H2,1-5H3,(H,19,20). The first kappa shape index (κ1) is 16.2. The van der Waals surface area contributed by atoms with E-state index in [1.165, 1.54) is 36.9 Å². The summed E-state index contributed by atoms with van der Waals surface area (Å²) in [5.41, 5.74) is 2.27. The van der Waals surface area contributed by atoms with Crippen LogP contribution in [0.1, 0.15) is 37.0 Å². The lowest BCUT2D eigenvalue weighted by Crippen LogP contribution is -2.50. The number of carbonyl (C=O) groups excluding carboxylic acids is 1. The number of aliphatic carboxylic acids is 1. The fourth-order valence-electron chi connectivity index (χ4n) is 2.09. The highest BCUT2D eigenvalue weighted by molar-refractivity contribution is 5.86. The average Bonchev–Trinajstić information content (AvgIpc) is 2.33. The van der Waals surface area contributed by atoms with E-state index in [-0.39, 0.29) is 5.91 Å². The van der Waals surface area contributed by atoms with E-state index in [9.17, 15) is 9.59 Å². The van der Waals surface area contributed by atoms with Crippen molar-refractivity contribution in [3.63, 3.8) is 0 Å². The van der Waals surface area contributed by atoms with Crippen LogP contribution in [-0.2, 0) is 16.0 Å². The third-order valence-corrected chi connectivity index (χ3v) is 3.65. The molecular formula is C16H23NO3. The number of nitrogens with zero attached hydrogens (tertiary/aromatic N) is 1. The highest BCUT2D eigenvalue weighted by atomic mass is 16.4. The number of amides is 1. The Bertz CT molecular complexity index is 500. The molecule has 1 rings (SSSR count). The van der Waals surface area contributed by atoms with Crippen LogP contribution < -0.4 is 0 Å². The molecule has 0 aliphatic rings. The van der Waals surface area contributed by atoms with Crippen LogP contribution in [0.2, 0.25) is 0 Å². The monoisotopic (exact) mass is 277 g/mol. The van der Waals surface area contributed by atoms with Crippen molar-refractivity contribution < 1.29 is 14.7 Å². The lowest BCUT2D eigenvalue weighted by molar-refractivity contribution is -0.155. The van der Waals surface area contributed by atoms with Crippen LogP contribution in [0, 0.1) is 13.8 Å². The SMILES string of the molecule is Cc1cc(C)cc(CCC(=O)N(C)C(C)(C)C(=O)O)c1. The minimum absolute atomic E-state index is 0.156. The van der Waals surface area contributed by atoms with E-state index in [1.54, 1.807) is 0 Å². The molecule has 0 atom stereocenters. The molecule has 4 nitrogen and oxygen atoms in total. The van der Waals surface area contributed by atoms with Crippen molar-refractivity contribution in [1.29, 1.82) is 0 Å². The van der Waals surface area contributed by atoms with Gasteiger partial charge >= 0.3 is 5.97 Å². The minimum atomic E-state index is -1.18. The second-order valence-electron chi connectivity index (χ2n) is 5.81. The summed E-state index contributed by atoms with van der Waals surface area (Å²) in [6.45, 7) is 7.12. The molecule has 0 radical (unpaired) electrons. The van der Waals surface area contributed by atoms with Gasteiger partial charge in [-0.25, -0.2) is 4.79 Å². The number of carboxylic acids is 1. The fraction of sp³-hybridized carbons (Fsp3) is 0.500. The number of carboxylic acid groups (broad SMARTS) is 1. The maximum absolute atomic E-state index is 12.1. The molecule has 0 fully saturated rings. The highest BCUT2D eigenvalue weighted by Gasteiger charge is 2.34. The molecule has 0 aromatic heterocycles. The quantitative estimate of drug-likeness (QED) is 0.900. The number of likely N-dealkylation sites (N-methyl/N-ethyl adjacent to an activating group) is 1. The van der Waals surface area contributed by atoms with Crippen LogP contribution >= 0.6 is 0 Å². The van der Waals surface area contributed by atoms with Crippen LogP contribution in [0.25, 0.3) is 0 Å². The van der Waals surface area contributed by atoms with E-state index >= 15 is 0 Å². The first-order valence-corrected chi connectivity index (χ1v) is 6.72. The zero-order chi connectivity index (χ0) is 15.5. The maximum Gasteiger partial charge on any atom is 0.329 e. The summed E-state index contributed by atoms with van der Waals surface area (Å²) in [5, 5.41) is 9.12. The number of rotatable bonds is 5. The molecule has 1 aromatic rings. The van der Waals surface area contributed by atoms with E-state index in [1.807, 2.05) is 13.8 Å². The Labute approximate surface area is 120 Å². The topological polar surface area (TPSA) is 57.6 Å². The van der Waals surface area contributed by atoms with Crippen molar-refractivity contribution >= 4 is 11.9 Å². The van der Waals surface area contributed by atoms with Crippen molar-refractivity contribution in [3.8, 4) is 0 Å². The Hall–Kier alpha value is -1.84. The molecule has 0 aliphatic heterocycles. The smallest absolute Gasteiger partial charge is 0.329 e. The molecule has 0 heterocycles. The van der Waals surface area contributed by atoms with E-state index in [0.717, 1.165) is 5.56 Å². The van der Waals surface area contributed by atoms with Gasteiger partial charge in [0.1, 0.15) is 5.54 Å². The van der Waals surface area contributed by atoms with Gasteiger partial charge in [-0.15, -0.1) is 0 Å². The van der Waals surface area contributed by atoms with Gasteiger partial charge in [-0.1, -0.05) is 29.3 Å². The summed E-state index contributed by atoms with van der Waals surface area (Å²) in [6.07, 6.45) is 0.942. The van der Waals surface area contributed by atoms with Crippen LogP contribution in [0.3, 0.4) is 0 Å². The van der Waals surface area contributed by atoms with Crippen LogP contribution in [-0.4, -0.2) is 34.5 Å². The van der Waals surface area contributed by atoms with Crippen molar-refractivity contribution in [2.45, 2.75) is 46.1 Å². The van der Waals surface area contributed by atoms with Gasteiger partial charge < -0.3 is 10.0 Å². The Kier molecular flexibility index (Phi) is 4.93. The van der Waals surface area contributed by atoms with Crippen molar-refractivity contribution in [1.82, 2.24) is 4.90 Å². The van der Waals surface area contributed by atoms with E-state index in [4.69, 9.17) is 5.11 Å². The van der Waals surface area contributed by atoms with Crippen molar-refractivity contribution in [2.24, 2.45) is 0 Å².